The van der Waals surface area contributed by atoms with Gasteiger partial charge >= 0.3 is 0 Å². The average Bonchev–Trinajstić information content (AvgIpc) is 2.31. The summed E-state index contributed by atoms with van der Waals surface area (Å²) >= 11 is 0. The fourth-order valence-corrected chi connectivity index (χ4v) is 2.25. The lowest BCUT2D eigenvalue weighted by molar-refractivity contribution is -0.140. The van der Waals surface area contributed by atoms with E-state index in [1.165, 1.54) is 0 Å². The summed E-state index contributed by atoms with van der Waals surface area (Å²) in [4.78, 5) is 16.3. The molecule has 0 aromatic carbocycles. The molecule has 0 spiro atoms. The largest absolute Gasteiger partial charge is 0.377 e. The van der Waals surface area contributed by atoms with Crippen LogP contribution in [-0.2, 0) is 9.53 Å². The number of morpholine rings is 1. The summed E-state index contributed by atoms with van der Waals surface area (Å²) in [5, 5.41) is 3.29. The Morgan fingerprint density at radius 1 is 1.38 bits per heavy atom. The smallest absolute Gasteiger partial charge is 0.237 e. The zero-order valence-corrected chi connectivity index (χ0v) is 9.95. The minimum Gasteiger partial charge on any atom is -0.377 e. The summed E-state index contributed by atoms with van der Waals surface area (Å²) in [6.45, 7) is 8.64. The van der Waals surface area contributed by atoms with Gasteiger partial charge in [-0.15, -0.1) is 0 Å². The van der Waals surface area contributed by atoms with Crippen molar-refractivity contribution in [3.05, 3.63) is 0 Å². The highest BCUT2D eigenvalue weighted by Crippen LogP contribution is 2.07. The minimum absolute atomic E-state index is 0.226. The van der Waals surface area contributed by atoms with Gasteiger partial charge in [-0.05, 0) is 6.92 Å². The van der Waals surface area contributed by atoms with Gasteiger partial charge < -0.3 is 15.0 Å². The van der Waals surface area contributed by atoms with Gasteiger partial charge in [-0.3, -0.25) is 9.69 Å². The summed E-state index contributed by atoms with van der Waals surface area (Å²) in [6.07, 6.45) is 0. The van der Waals surface area contributed by atoms with Crippen LogP contribution in [0.4, 0.5) is 0 Å². The molecule has 0 bridgehead atoms. The van der Waals surface area contributed by atoms with Gasteiger partial charge in [0.25, 0.3) is 0 Å². The minimum atomic E-state index is 0.226. The molecule has 0 aliphatic carbocycles. The zero-order chi connectivity index (χ0) is 11.4. The second kappa shape index (κ2) is 5.61. The zero-order valence-electron chi connectivity index (χ0n) is 9.95. The second-order valence-electron chi connectivity index (χ2n) is 4.54. The Bertz CT molecular complexity index is 241. The maximum atomic E-state index is 12.1. The monoisotopic (exact) mass is 227 g/mol. The van der Waals surface area contributed by atoms with Crippen molar-refractivity contribution < 1.29 is 9.53 Å². The third kappa shape index (κ3) is 2.93. The van der Waals surface area contributed by atoms with Crippen molar-refractivity contribution in [1.82, 2.24) is 15.1 Å². The van der Waals surface area contributed by atoms with Crippen LogP contribution in [0.2, 0.25) is 0 Å². The molecule has 1 atom stereocenters. The Morgan fingerprint density at radius 2 is 2.12 bits per heavy atom. The topological polar surface area (TPSA) is 44.8 Å². The van der Waals surface area contributed by atoms with Crippen molar-refractivity contribution >= 4 is 5.91 Å². The SMILES string of the molecule is C[C@@H]1COCCN1C(=O)CN1CCNCC1. The Kier molecular flexibility index (Phi) is 4.15. The van der Waals surface area contributed by atoms with Gasteiger partial charge in [0.05, 0.1) is 25.8 Å². The molecule has 92 valence electrons. The van der Waals surface area contributed by atoms with Crippen molar-refractivity contribution in [2.45, 2.75) is 13.0 Å². The fourth-order valence-electron chi connectivity index (χ4n) is 2.25. The number of nitrogens with zero attached hydrogens (tertiary/aromatic N) is 2. The van der Waals surface area contributed by atoms with E-state index in [-0.39, 0.29) is 11.9 Å². The Balaban J connectivity index is 1.81. The molecular weight excluding hydrogens is 206 g/mol. The lowest BCUT2D eigenvalue weighted by atomic mass is 10.2. The molecule has 0 aromatic heterocycles. The van der Waals surface area contributed by atoms with Crippen molar-refractivity contribution in [1.29, 1.82) is 0 Å². The van der Waals surface area contributed by atoms with Crippen molar-refractivity contribution in [3.63, 3.8) is 0 Å². The number of carbonyl (C=O) groups is 1. The molecule has 1 N–H and O–H groups in total. The molecular formula is C11H21N3O2. The molecule has 16 heavy (non-hydrogen) atoms. The van der Waals surface area contributed by atoms with Crippen LogP contribution < -0.4 is 5.32 Å². The molecule has 0 aromatic rings. The van der Waals surface area contributed by atoms with Crippen molar-refractivity contribution in [2.75, 3.05) is 52.5 Å². The van der Waals surface area contributed by atoms with Crippen molar-refractivity contribution in [3.8, 4) is 0 Å². The predicted octanol–water partition coefficient (Wildman–Crippen LogP) is -0.861. The molecule has 2 aliphatic rings. The maximum absolute atomic E-state index is 12.1. The molecule has 5 heteroatoms. The van der Waals surface area contributed by atoms with Crippen LogP contribution in [0.25, 0.3) is 0 Å². The van der Waals surface area contributed by atoms with E-state index in [1.807, 2.05) is 4.90 Å². The van der Waals surface area contributed by atoms with E-state index in [9.17, 15) is 4.79 Å². The number of amides is 1. The first-order chi connectivity index (χ1) is 7.77. The molecule has 0 radical (unpaired) electrons. The van der Waals surface area contributed by atoms with Crippen LogP contribution in [0, 0.1) is 0 Å². The van der Waals surface area contributed by atoms with Gasteiger partial charge in [0.1, 0.15) is 0 Å². The van der Waals surface area contributed by atoms with E-state index in [4.69, 9.17) is 4.74 Å². The van der Waals surface area contributed by atoms with E-state index in [0.29, 0.717) is 19.8 Å². The highest BCUT2D eigenvalue weighted by molar-refractivity contribution is 5.78. The predicted molar refractivity (Wildman–Crippen MR) is 61.3 cm³/mol. The highest BCUT2D eigenvalue weighted by atomic mass is 16.5. The molecule has 2 saturated heterocycles. The van der Waals surface area contributed by atoms with Crippen LogP contribution in [0.5, 0.6) is 0 Å². The van der Waals surface area contributed by atoms with Gasteiger partial charge in [0, 0.05) is 32.7 Å². The van der Waals surface area contributed by atoms with Gasteiger partial charge in [-0.2, -0.15) is 0 Å². The number of ether oxygens (including phenoxy) is 1. The summed E-state index contributed by atoms with van der Waals surface area (Å²) in [5.74, 6) is 0.248. The first kappa shape index (κ1) is 11.8. The van der Waals surface area contributed by atoms with E-state index >= 15 is 0 Å². The van der Waals surface area contributed by atoms with Gasteiger partial charge in [-0.25, -0.2) is 0 Å². The van der Waals surface area contributed by atoms with Gasteiger partial charge in [0.15, 0.2) is 0 Å². The highest BCUT2D eigenvalue weighted by Gasteiger charge is 2.25. The van der Waals surface area contributed by atoms with Crippen LogP contribution in [0.3, 0.4) is 0 Å². The average molecular weight is 227 g/mol. The Morgan fingerprint density at radius 3 is 2.81 bits per heavy atom. The van der Waals surface area contributed by atoms with Crippen LogP contribution in [0.15, 0.2) is 0 Å². The quantitative estimate of drug-likeness (QED) is 0.667. The molecule has 0 unspecified atom stereocenters. The van der Waals surface area contributed by atoms with Crippen molar-refractivity contribution in [2.24, 2.45) is 0 Å². The number of hydrogen-bond donors (Lipinski definition) is 1. The van der Waals surface area contributed by atoms with Crippen LogP contribution in [-0.4, -0.2) is 74.2 Å². The summed E-state index contributed by atoms with van der Waals surface area (Å²) < 4.78 is 5.33. The second-order valence-corrected chi connectivity index (χ2v) is 4.54. The summed E-state index contributed by atoms with van der Waals surface area (Å²) in [7, 11) is 0. The summed E-state index contributed by atoms with van der Waals surface area (Å²) in [6, 6.07) is 0.226. The third-order valence-electron chi connectivity index (χ3n) is 3.26. The lowest BCUT2D eigenvalue weighted by Gasteiger charge is -2.35. The van der Waals surface area contributed by atoms with E-state index < -0.39 is 0 Å². The van der Waals surface area contributed by atoms with Crippen LogP contribution in [0.1, 0.15) is 6.92 Å². The van der Waals surface area contributed by atoms with Crippen LogP contribution >= 0.6 is 0 Å². The normalized spacial score (nSPS) is 28.1. The summed E-state index contributed by atoms with van der Waals surface area (Å²) in [5.41, 5.74) is 0. The number of hydrogen-bond acceptors (Lipinski definition) is 4. The molecule has 2 fully saturated rings. The van der Waals surface area contributed by atoms with E-state index in [0.717, 1.165) is 32.7 Å². The molecule has 5 nitrogen and oxygen atoms in total. The lowest BCUT2D eigenvalue weighted by Crippen LogP contribution is -2.53. The maximum Gasteiger partial charge on any atom is 0.237 e. The Labute approximate surface area is 96.7 Å². The standard InChI is InChI=1S/C11H21N3O2/c1-10-9-16-7-6-14(10)11(15)8-13-4-2-12-3-5-13/h10,12H,2-9H2,1H3/t10-/m1/s1. The Hall–Kier alpha value is -0.650. The molecule has 2 aliphatic heterocycles. The van der Waals surface area contributed by atoms with Gasteiger partial charge in [0.2, 0.25) is 5.91 Å². The first-order valence-corrected chi connectivity index (χ1v) is 6.07. The van der Waals surface area contributed by atoms with E-state index in [1.54, 1.807) is 0 Å². The van der Waals surface area contributed by atoms with Gasteiger partial charge in [-0.1, -0.05) is 0 Å². The molecule has 2 heterocycles. The number of rotatable bonds is 2. The number of carbonyl (C=O) groups excluding carboxylic acids is 1. The first-order valence-electron chi connectivity index (χ1n) is 6.07. The molecule has 0 saturated carbocycles. The third-order valence-corrected chi connectivity index (χ3v) is 3.26. The molecule has 2 rings (SSSR count). The number of nitrogens with one attached hydrogen (secondary N) is 1. The fraction of sp³-hybridized carbons (Fsp3) is 0.909. The number of piperazine rings is 1. The molecule has 1 amide bonds. The van der Waals surface area contributed by atoms with E-state index in [2.05, 4.69) is 17.1 Å².